The third-order valence-corrected chi connectivity index (χ3v) is 6.62. The first-order chi connectivity index (χ1) is 12.8. The van der Waals surface area contributed by atoms with E-state index >= 15 is 0 Å². The van der Waals surface area contributed by atoms with Gasteiger partial charge in [-0.25, -0.2) is 0 Å². The van der Waals surface area contributed by atoms with E-state index in [-0.39, 0.29) is 21.2 Å². The maximum absolute atomic E-state index is 5.83. The molecule has 144 valence electrons. The molecule has 0 aromatic heterocycles. The predicted octanol–water partition coefficient (Wildman–Crippen LogP) is 2.57. The summed E-state index contributed by atoms with van der Waals surface area (Å²) in [5, 5.41) is 0. The van der Waals surface area contributed by atoms with Crippen LogP contribution in [0.5, 0.6) is 17.2 Å². The Morgan fingerprint density at radius 2 is 1.46 bits per heavy atom. The molecule has 0 unspecified atom stereocenters. The molecule has 0 aliphatic heterocycles. The number of unbranched alkanes of at least 4 members (excludes halogenated alkanes) is 3. The molecule has 0 radical (unpaired) electrons. The Bertz CT molecular complexity index is 640. The van der Waals surface area contributed by atoms with E-state index in [1.807, 2.05) is 26.0 Å². The predicted molar refractivity (Wildman–Crippen MR) is 102 cm³/mol. The van der Waals surface area contributed by atoms with E-state index in [9.17, 15) is 0 Å². The fourth-order valence-electron chi connectivity index (χ4n) is 2.51. The summed E-state index contributed by atoms with van der Waals surface area (Å²) in [6, 6.07) is 14.7. The Hall–Kier alpha value is -1.43. The number of hydrogen-bond acceptors (Lipinski definition) is 3. The molecule has 0 atom stereocenters. The van der Waals surface area contributed by atoms with Crippen molar-refractivity contribution in [2.45, 2.75) is 46.5 Å². The molecule has 0 saturated carbocycles. The second-order valence-corrected chi connectivity index (χ2v) is 8.86. The summed E-state index contributed by atoms with van der Waals surface area (Å²) >= 11 is -0.299. The summed E-state index contributed by atoms with van der Waals surface area (Å²) in [7, 11) is 0. The molecule has 26 heavy (non-hydrogen) atoms. The summed E-state index contributed by atoms with van der Waals surface area (Å²) in [5.41, 5.74) is 0. The Morgan fingerprint density at radius 1 is 0.731 bits per heavy atom. The number of halogens is 1. The summed E-state index contributed by atoms with van der Waals surface area (Å²) in [4.78, 5) is 0. The Labute approximate surface area is 168 Å². The topological polar surface area (TPSA) is 27.7 Å². The minimum absolute atomic E-state index is 0.299. The van der Waals surface area contributed by atoms with Crippen molar-refractivity contribution in [2.75, 3.05) is 19.8 Å². The molecule has 2 aromatic carbocycles. The Kier molecular flexibility index (Phi) is 9.67. The van der Waals surface area contributed by atoms with Crippen molar-refractivity contribution >= 4 is 0 Å². The molecule has 0 fully saturated rings. The first kappa shape index (κ1) is 20.9. The van der Waals surface area contributed by atoms with E-state index in [0.717, 1.165) is 30.3 Å². The first-order valence-electron chi connectivity index (χ1n) is 9.54. The van der Waals surface area contributed by atoms with Crippen LogP contribution in [0.1, 0.15) is 46.5 Å². The standard InChI is InChI=1S/C22H30IO3/c1-4-7-8-9-16-26-19-12-10-18(11-13-19)23-21-15-14-20(24-5-2)17-22(21)25-6-3/h10-15,17H,4-9,16H2,1-3H3/q-1. The van der Waals surface area contributed by atoms with Gasteiger partial charge in [-0.3, -0.25) is 0 Å². The van der Waals surface area contributed by atoms with E-state index in [1.54, 1.807) is 0 Å². The van der Waals surface area contributed by atoms with Gasteiger partial charge in [-0.15, -0.1) is 0 Å². The van der Waals surface area contributed by atoms with Crippen molar-refractivity contribution in [2.24, 2.45) is 0 Å². The van der Waals surface area contributed by atoms with Gasteiger partial charge in [0.2, 0.25) is 0 Å². The van der Waals surface area contributed by atoms with Gasteiger partial charge in [0.15, 0.2) is 0 Å². The molecule has 2 rings (SSSR count). The monoisotopic (exact) mass is 469 g/mol. The molecule has 0 heterocycles. The fraction of sp³-hybridized carbons (Fsp3) is 0.455. The van der Waals surface area contributed by atoms with Crippen LogP contribution in [-0.2, 0) is 0 Å². The quantitative estimate of drug-likeness (QED) is 0.354. The van der Waals surface area contributed by atoms with Gasteiger partial charge < -0.3 is 0 Å². The van der Waals surface area contributed by atoms with Gasteiger partial charge in [0.1, 0.15) is 0 Å². The maximum atomic E-state index is 5.83. The van der Waals surface area contributed by atoms with Gasteiger partial charge in [-0.2, -0.15) is 0 Å². The van der Waals surface area contributed by atoms with Crippen molar-refractivity contribution < 1.29 is 35.4 Å². The Morgan fingerprint density at radius 3 is 2.15 bits per heavy atom. The fourth-order valence-corrected chi connectivity index (χ4v) is 4.84. The van der Waals surface area contributed by atoms with E-state index in [1.165, 1.54) is 26.4 Å². The zero-order chi connectivity index (χ0) is 18.6. The van der Waals surface area contributed by atoms with Gasteiger partial charge in [0, 0.05) is 0 Å². The van der Waals surface area contributed by atoms with E-state index in [4.69, 9.17) is 14.2 Å². The third-order valence-electron chi connectivity index (χ3n) is 3.80. The molecule has 0 saturated heterocycles. The number of benzene rings is 2. The van der Waals surface area contributed by atoms with E-state index in [0.29, 0.717) is 13.2 Å². The van der Waals surface area contributed by atoms with Crippen molar-refractivity contribution in [3.63, 3.8) is 0 Å². The van der Waals surface area contributed by atoms with Crippen LogP contribution < -0.4 is 35.4 Å². The zero-order valence-electron chi connectivity index (χ0n) is 16.1. The molecule has 0 spiro atoms. The van der Waals surface area contributed by atoms with Crippen LogP contribution >= 0.6 is 0 Å². The minimum atomic E-state index is -0.299. The van der Waals surface area contributed by atoms with Crippen LogP contribution in [0.3, 0.4) is 0 Å². The van der Waals surface area contributed by atoms with Gasteiger partial charge in [-0.1, -0.05) is 0 Å². The Balaban J connectivity index is 1.95. The second kappa shape index (κ2) is 12.0. The van der Waals surface area contributed by atoms with Crippen LogP contribution in [0.4, 0.5) is 0 Å². The molecule has 2 aromatic rings. The van der Waals surface area contributed by atoms with Crippen molar-refractivity contribution in [3.8, 4) is 17.2 Å². The van der Waals surface area contributed by atoms with Gasteiger partial charge in [0.05, 0.1) is 0 Å². The normalized spacial score (nSPS) is 10.7. The number of rotatable bonds is 12. The van der Waals surface area contributed by atoms with Crippen molar-refractivity contribution in [1.29, 1.82) is 0 Å². The molecule has 0 bridgehead atoms. The van der Waals surface area contributed by atoms with Crippen molar-refractivity contribution in [1.82, 2.24) is 0 Å². The zero-order valence-corrected chi connectivity index (χ0v) is 18.3. The average Bonchev–Trinajstić information content (AvgIpc) is 2.65. The molecule has 0 aliphatic rings. The molecule has 0 aliphatic carbocycles. The van der Waals surface area contributed by atoms with Gasteiger partial charge in [0.25, 0.3) is 0 Å². The summed E-state index contributed by atoms with van der Waals surface area (Å²) in [5.74, 6) is 2.78. The molecule has 0 amide bonds. The molecular formula is C22H30IO3-. The second-order valence-electron chi connectivity index (χ2n) is 5.92. The van der Waals surface area contributed by atoms with Crippen LogP contribution in [0.2, 0.25) is 0 Å². The van der Waals surface area contributed by atoms with Crippen LogP contribution in [0, 0.1) is 7.14 Å². The SMILES string of the molecule is CCCCCCOc1ccc([I-]c2ccc(OCC)cc2OCC)cc1. The van der Waals surface area contributed by atoms with E-state index in [2.05, 4.69) is 37.3 Å². The summed E-state index contributed by atoms with van der Waals surface area (Å²) in [6.45, 7) is 8.37. The molecule has 4 heteroatoms. The molecule has 3 nitrogen and oxygen atoms in total. The van der Waals surface area contributed by atoms with Crippen LogP contribution in [0.15, 0.2) is 42.5 Å². The molecular weight excluding hydrogens is 439 g/mol. The summed E-state index contributed by atoms with van der Waals surface area (Å²) < 4.78 is 19.9. The van der Waals surface area contributed by atoms with Gasteiger partial charge >= 0.3 is 169 Å². The van der Waals surface area contributed by atoms with Gasteiger partial charge in [-0.05, 0) is 0 Å². The third kappa shape index (κ3) is 7.06. The van der Waals surface area contributed by atoms with Crippen LogP contribution in [0.25, 0.3) is 0 Å². The average molecular weight is 469 g/mol. The van der Waals surface area contributed by atoms with Crippen molar-refractivity contribution in [3.05, 3.63) is 49.6 Å². The summed E-state index contributed by atoms with van der Waals surface area (Å²) in [6.07, 6.45) is 4.93. The number of ether oxygens (including phenoxy) is 3. The van der Waals surface area contributed by atoms with Crippen LogP contribution in [-0.4, -0.2) is 19.8 Å². The number of hydrogen-bond donors (Lipinski definition) is 0. The van der Waals surface area contributed by atoms with E-state index < -0.39 is 0 Å². The first-order valence-corrected chi connectivity index (χ1v) is 11.7. The molecule has 0 N–H and O–H groups in total.